The number of para-hydroxylation sites is 1. The van der Waals surface area contributed by atoms with Gasteiger partial charge in [0.2, 0.25) is 0 Å². The van der Waals surface area contributed by atoms with Crippen molar-refractivity contribution in [2.24, 2.45) is 0 Å². The third kappa shape index (κ3) is 4.56. The highest BCUT2D eigenvalue weighted by Gasteiger charge is 2.11. The van der Waals surface area contributed by atoms with Gasteiger partial charge >= 0.3 is 0 Å². The van der Waals surface area contributed by atoms with Crippen LogP contribution in [-0.2, 0) is 17.8 Å². The molecule has 23 heavy (non-hydrogen) atoms. The van der Waals surface area contributed by atoms with Gasteiger partial charge < -0.3 is 15.2 Å². The fourth-order valence-electron chi connectivity index (χ4n) is 2.33. The molecule has 2 aromatic rings. The lowest BCUT2D eigenvalue weighted by Gasteiger charge is -2.14. The minimum atomic E-state index is -0.221. The molecular weight excluding hydrogens is 358 g/mol. The third-order valence-electron chi connectivity index (χ3n) is 3.56. The standard InChI is InChI=1S/C18H20BrNO3/c1-3-13-6-4-5-12(2)18(13)20-17(22)11-23-16-8-7-15(19)9-14(16)10-21/h4-9,21H,3,10-11H2,1-2H3,(H,20,22). The molecule has 2 aromatic carbocycles. The number of anilines is 1. The molecule has 0 aliphatic heterocycles. The smallest absolute Gasteiger partial charge is 0.262 e. The van der Waals surface area contributed by atoms with Crippen LogP contribution >= 0.6 is 15.9 Å². The van der Waals surface area contributed by atoms with Crippen LogP contribution in [0.15, 0.2) is 40.9 Å². The van der Waals surface area contributed by atoms with Gasteiger partial charge in [0, 0.05) is 15.7 Å². The largest absolute Gasteiger partial charge is 0.483 e. The molecule has 0 saturated heterocycles. The van der Waals surface area contributed by atoms with E-state index in [1.165, 1.54) is 0 Å². The normalized spacial score (nSPS) is 10.4. The second-order valence-corrected chi connectivity index (χ2v) is 6.13. The number of hydrogen-bond donors (Lipinski definition) is 2. The summed E-state index contributed by atoms with van der Waals surface area (Å²) in [5.74, 6) is 0.284. The maximum absolute atomic E-state index is 12.2. The Labute approximate surface area is 144 Å². The average Bonchev–Trinajstić information content (AvgIpc) is 2.55. The van der Waals surface area contributed by atoms with Crippen LogP contribution in [0.3, 0.4) is 0 Å². The Balaban J connectivity index is 2.04. The van der Waals surface area contributed by atoms with Crippen LogP contribution in [0.2, 0.25) is 0 Å². The van der Waals surface area contributed by atoms with E-state index >= 15 is 0 Å². The molecule has 0 saturated carbocycles. The lowest BCUT2D eigenvalue weighted by molar-refractivity contribution is -0.118. The Morgan fingerprint density at radius 3 is 2.74 bits per heavy atom. The number of halogens is 1. The first-order chi connectivity index (χ1) is 11.0. The first-order valence-electron chi connectivity index (χ1n) is 7.45. The van der Waals surface area contributed by atoms with Crippen LogP contribution in [0.4, 0.5) is 5.69 Å². The number of aryl methyl sites for hydroxylation is 2. The van der Waals surface area contributed by atoms with E-state index in [2.05, 4.69) is 28.2 Å². The number of amides is 1. The molecule has 0 aromatic heterocycles. The lowest BCUT2D eigenvalue weighted by atomic mass is 10.1. The maximum atomic E-state index is 12.2. The van der Waals surface area contributed by atoms with Crippen LogP contribution in [0.25, 0.3) is 0 Å². The number of rotatable bonds is 6. The number of carbonyl (C=O) groups excluding carboxylic acids is 1. The minimum Gasteiger partial charge on any atom is -0.483 e. The number of aliphatic hydroxyl groups is 1. The zero-order chi connectivity index (χ0) is 16.8. The molecule has 0 aliphatic rings. The van der Waals surface area contributed by atoms with Crippen molar-refractivity contribution in [3.05, 3.63) is 57.6 Å². The second kappa shape index (κ2) is 8.13. The van der Waals surface area contributed by atoms with Gasteiger partial charge in [0.25, 0.3) is 5.91 Å². The van der Waals surface area contributed by atoms with Gasteiger partial charge in [0.15, 0.2) is 6.61 Å². The summed E-state index contributed by atoms with van der Waals surface area (Å²) in [7, 11) is 0. The zero-order valence-corrected chi connectivity index (χ0v) is 14.8. The van der Waals surface area contributed by atoms with Crippen molar-refractivity contribution < 1.29 is 14.6 Å². The molecule has 0 spiro atoms. The third-order valence-corrected chi connectivity index (χ3v) is 4.05. The fourth-order valence-corrected chi connectivity index (χ4v) is 2.74. The topological polar surface area (TPSA) is 58.6 Å². The molecule has 0 atom stereocenters. The van der Waals surface area contributed by atoms with Crippen molar-refractivity contribution in [1.82, 2.24) is 0 Å². The number of hydrogen-bond acceptors (Lipinski definition) is 3. The van der Waals surface area contributed by atoms with Gasteiger partial charge in [-0.15, -0.1) is 0 Å². The first kappa shape index (κ1) is 17.5. The predicted octanol–water partition coefficient (Wildman–Crippen LogP) is 3.83. The molecule has 0 heterocycles. The molecule has 122 valence electrons. The van der Waals surface area contributed by atoms with Crippen molar-refractivity contribution in [2.45, 2.75) is 26.9 Å². The SMILES string of the molecule is CCc1cccc(C)c1NC(=O)COc1ccc(Br)cc1CO. The van der Waals surface area contributed by atoms with E-state index in [1.54, 1.807) is 12.1 Å². The maximum Gasteiger partial charge on any atom is 0.262 e. The van der Waals surface area contributed by atoms with Gasteiger partial charge in [-0.3, -0.25) is 4.79 Å². The number of ether oxygens (including phenoxy) is 1. The Kier molecular flexibility index (Phi) is 6.19. The van der Waals surface area contributed by atoms with Crippen molar-refractivity contribution in [3.8, 4) is 5.75 Å². The summed E-state index contributed by atoms with van der Waals surface area (Å²) >= 11 is 3.34. The van der Waals surface area contributed by atoms with Crippen LogP contribution in [0, 0.1) is 6.92 Å². The van der Waals surface area contributed by atoms with E-state index in [9.17, 15) is 9.90 Å². The molecule has 2 N–H and O–H groups in total. The number of benzene rings is 2. The van der Waals surface area contributed by atoms with Crippen LogP contribution in [0.5, 0.6) is 5.75 Å². The van der Waals surface area contributed by atoms with Crippen LogP contribution in [-0.4, -0.2) is 17.6 Å². The van der Waals surface area contributed by atoms with Crippen molar-refractivity contribution in [2.75, 3.05) is 11.9 Å². The predicted molar refractivity (Wildman–Crippen MR) is 94.7 cm³/mol. The summed E-state index contributed by atoms with van der Waals surface area (Å²) in [5.41, 5.74) is 3.61. The summed E-state index contributed by atoms with van der Waals surface area (Å²) in [6, 6.07) is 11.3. The van der Waals surface area contributed by atoms with Gasteiger partial charge in [0.1, 0.15) is 5.75 Å². The molecule has 0 fully saturated rings. The average molecular weight is 378 g/mol. The first-order valence-corrected chi connectivity index (χ1v) is 8.24. The Hall–Kier alpha value is -1.85. The van der Waals surface area contributed by atoms with Gasteiger partial charge in [0.05, 0.1) is 6.61 Å². The summed E-state index contributed by atoms with van der Waals surface area (Å²) in [4.78, 5) is 12.2. The molecule has 4 nitrogen and oxygen atoms in total. The second-order valence-electron chi connectivity index (χ2n) is 5.21. The minimum absolute atomic E-state index is 0.105. The Bertz CT molecular complexity index is 701. The van der Waals surface area contributed by atoms with Gasteiger partial charge in [-0.25, -0.2) is 0 Å². The summed E-state index contributed by atoms with van der Waals surface area (Å²) in [6.45, 7) is 3.77. The van der Waals surface area contributed by atoms with E-state index in [-0.39, 0.29) is 19.1 Å². The highest BCUT2D eigenvalue weighted by Crippen LogP contribution is 2.24. The Morgan fingerprint density at radius 2 is 2.04 bits per heavy atom. The molecule has 0 unspecified atom stereocenters. The molecule has 1 amide bonds. The van der Waals surface area contributed by atoms with Gasteiger partial charge in [-0.1, -0.05) is 41.1 Å². The quantitative estimate of drug-likeness (QED) is 0.803. The van der Waals surface area contributed by atoms with Gasteiger partial charge in [-0.2, -0.15) is 0 Å². The van der Waals surface area contributed by atoms with Gasteiger partial charge in [-0.05, 0) is 42.7 Å². The monoisotopic (exact) mass is 377 g/mol. The molecule has 2 rings (SSSR count). The number of aliphatic hydroxyl groups excluding tert-OH is 1. The van der Waals surface area contributed by atoms with E-state index in [0.717, 1.165) is 27.7 Å². The summed E-state index contributed by atoms with van der Waals surface area (Å²) in [5, 5.41) is 12.3. The molecular formula is C18H20BrNO3. The Morgan fingerprint density at radius 1 is 1.26 bits per heavy atom. The lowest BCUT2D eigenvalue weighted by Crippen LogP contribution is -2.21. The molecule has 0 bridgehead atoms. The zero-order valence-electron chi connectivity index (χ0n) is 13.2. The fraction of sp³-hybridized carbons (Fsp3) is 0.278. The summed E-state index contributed by atoms with van der Waals surface area (Å²) in [6.07, 6.45) is 0.847. The van der Waals surface area contributed by atoms with E-state index in [1.807, 2.05) is 31.2 Å². The molecule has 0 radical (unpaired) electrons. The van der Waals surface area contributed by atoms with Crippen molar-refractivity contribution >= 4 is 27.5 Å². The van der Waals surface area contributed by atoms with E-state index in [0.29, 0.717) is 11.3 Å². The highest BCUT2D eigenvalue weighted by molar-refractivity contribution is 9.10. The van der Waals surface area contributed by atoms with Crippen LogP contribution in [0.1, 0.15) is 23.6 Å². The van der Waals surface area contributed by atoms with Crippen LogP contribution < -0.4 is 10.1 Å². The van der Waals surface area contributed by atoms with E-state index < -0.39 is 0 Å². The number of carbonyl (C=O) groups is 1. The van der Waals surface area contributed by atoms with Crippen molar-refractivity contribution in [3.63, 3.8) is 0 Å². The number of nitrogens with one attached hydrogen (secondary N) is 1. The molecule has 0 aliphatic carbocycles. The van der Waals surface area contributed by atoms with Crippen molar-refractivity contribution in [1.29, 1.82) is 0 Å². The van der Waals surface area contributed by atoms with E-state index in [4.69, 9.17) is 4.74 Å². The highest BCUT2D eigenvalue weighted by atomic mass is 79.9. The summed E-state index contributed by atoms with van der Waals surface area (Å²) < 4.78 is 6.39. The molecule has 5 heteroatoms.